The summed E-state index contributed by atoms with van der Waals surface area (Å²) in [6.45, 7) is 0.822. The molecule has 24 heavy (non-hydrogen) atoms. The van der Waals surface area contributed by atoms with Gasteiger partial charge in [-0.15, -0.1) is 11.8 Å². The quantitative estimate of drug-likeness (QED) is 0.827. The second-order valence-corrected chi connectivity index (χ2v) is 6.65. The third kappa shape index (κ3) is 4.27. The Balaban J connectivity index is 1.52. The lowest BCUT2D eigenvalue weighted by Crippen LogP contribution is -2.22. The van der Waals surface area contributed by atoms with Crippen LogP contribution in [0.4, 0.5) is 5.69 Å². The number of carbonyl (C=O) groups is 2. The lowest BCUT2D eigenvalue weighted by atomic mass is 10.1. The highest BCUT2D eigenvalue weighted by Crippen LogP contribution is 2.21. The predicted molar refractivity (Wildman–Crippen MR) is 92.1 cm³/mol. The Kier molecular flexibility index (Phi) is 5.37. The van der Waals surface area contributed by atoms with E-state index in [2.05, 4.69) is 10.3 Å². The Morgan fingerprint density at radius 2 is 2.25 bits per heavy atom. The van der Waals surface area contributed by atoms with Gasteiger partial charge in [-0.3, -0.25) is 9.59 Å². The Bertz CT molecular complexity index is 740. The van der Waals surface area contributed by atoms with E-state index in [9.17, 15) is 9.59 Å². The normalized spacial score (nSPS) is 17.8. The maximum Gasteiger partial charge on any atom is 0.304 e. The number of rotatable bonds is 6. The molecule has 1 aromatic heterocycles. The van der Waals surface area contributed by atoms with Gasteiger partial charge in [0.15, 0.2) is 5.58 Å². The highest BCUT2D eigenvalue weighted by atomic mass is 32.2. The summed E-state index contributed by atoms with van der Waals surface area (Å²) in [6.07, 6.45) is 3.65. The summed E-state index contributed by atoms with van der Waals surface area (Å²) in [5, 5.41) is 2.81. The Morgan fingerprint density at radius 1 is 1.38 bits per heavy atom. The van der Waals surface area contributed by atoms with Gasteiger partial charge in [0.2, 0.25) is 5.91 Å². The lowest BCUT2D eigenvalue weighted by molar-refractivity contribution is -0.113. The van der Waals surface area contributed by atoms with Crippen molar-refractivity contribution in [2.75, 3.05) is 23.4 Å². The number of hydrogen-bond donors (Lipinski definition) is 2. The van der Waals surface area contributed by atoms with E-state index in [1.54, 1.807) is 30.0 Å². The van der Waals surface area contributed by atoms with Crippen LogP contribution in [-0.4, -0.2) is 41.0 Å². The van der Waals surface area contributed by atoms with Gasteiger partial charge >= 0.3 is 5.91 Å². The van der Waals surface area contributed by atoms with E-state index in [0.717, 1.165) is 25.2 Å². The third-order valence-corrected chi connectivity index (χ3v) is 4.77. The first-order valence-electron chi connectivity index (χ1n) is 7.81. The van der Waals surface area contributed by atoms with Crippen LogP contribution >= 0.6 is 11.8 Å². The SMILES string of the molecule is NC(=O)c1nc2cc(NC(=O)CSCC3CCCCO3)ccc2o1. The van der Waals surface area contributed by atoms with Gasteiger partial charge in [0.1, 0.15) is 5.52 Å². The van der Waals surface area contributed by atoms with E-state index in [1.807, 2.05) is 0 Å². The summed E-state index contributed by atoms with van der Waals surface area (Å²) in [4.78, 5) is 27.1. The van der Waals surface area contributed by atoms with E-state index < -0.39 is 5.91 Å². The van der Waals surface area contributed by atoms with Crippen molar-refractivity contribution < 1.29 is 18.7 Å². The number of carbonyl (C=O) groups excluding carboxylic acids is 2. The van der Waals surface area contributed by atoms with E-state index in [0.29, 0.717) is 22.5 Å². The fourth-order valence-corrected chi connectivity index (χ4v) is 3.43. The summed E-state index contributed by atoms with van der Waals surface area (Å²) in [7, 11) is 0. The zero-order valence-corrected chi connectivity index (χ0v) is 13.9. The number of benzene rings is 1. The monoisotopic (exact) mass is 349 g/mol. The number of primary amides is 1. The van der Waals surface area contributed by atoms with Crippen LogP contribution in [0, 0.1) is 0 Å². The average molecular weight is 349 g/mol. The number of aromatic nitrogens is 1. The lowest BCUT2D eigenvalue weighted by Gasteiger charge is -2.21. The van der Waals surface area contributed by atoms with Gasteiger partial charge in [-0.25, -0.2) is 4.98 Å². The molecule has 1 aliphatic rings. The van der Waals surface area contributed by atoms with Crippen LogP contribution in [0.2, 0.25) is 0 Å². The molecule has 1 fully saturated rings. The van der Waals surface area contributed by atoms with Gasteiger partial charge in [0, 0.05) is 18.0 Å². The minimum absolute atomic E-state index is 0.0891. The molecule has 8 heteroatoms. The van der Waals surface area contributed by atoms with Crippen molar-refractivity contribution in [3.63, 3.8) is 0 Å². The molecule has 1 aromatic carbocycles. The molecule has 1 unspecified atom stereocenters. The van der Waals surface area contributed by atoms with Crippen molar-refractivity contribution in [3.05, 3.63) is 24.1 Å². The number of nitrogens with one attached hydrogen (secondary N) is 1. The van der Waals surface area contributed by atoms with Crippen LogP contribution in [0.15, 0.2) is 22.6 Å². The van der Waals surface area contributed by atoms with Crippen LogP contribution in [0.25, 0.3) is 11.1 Å². The Labute approximate surface area is 143 Å². The Morgan fingerprint density at radius 3 is 3.00 bits per heavy atom. The van der Waals surface area contributed by atoms with Gasteiger partial charge < -0.3 is 20.2 Å². The highest BCUT2D eigenvalue weighted by Gasteiger charge is 2.15. The number of nitrogens with two attached hydrogens (primary N) is 1. The third-order valence-electron chi connectivity index (χ3n) is 3.69. The van der Waals surface area contributed by atoms with Crippen molar-refractivity contribution in [1.82, 2.24) is 4.98 Å². The maximum absolute atomic E-state index is 12.0. The van der Waals surface area contributed by atoms with Crippen molar-refractivity contribution in [1.29, 1.82) is 0 Å². The molecule has 7 nitrogen and oxygen atoms in total. The van der Waals surface area contributed by atoms with Gasteiger partial charge in [-0.2, -0.15) is 0 Å². The van der Waals surface area contributed by atoms with Crippen molar-refractivity contribution in [2.24, 2.45) is 5.73 Å². The first-order valence-corrected chi connectivity index (χ1v) is 8.97. The number of oxazole rings is 1. The van der Waals surface area contributed by atoms with Crippen molar-refractivity contribution >= 4 is 40.4 Å². The van der Waals surface area contributed by atoms with Crippen LogP contribution in [0.3, 0.4) is 0 Å². The van der Waals surface area contributed by atoms with Crippen LogP contribution in [0.1, 0.15) is 29.9 Å². The van der Waals surface area contributed by atoms with Gasteiger partial charge in [-0.1, -0.05) is 0 Å². The molecule has 128 valence electrons. The molecule has 0 aliphatic carbocycles. The molecular formula is C16H19N3O4S. The van der Waals surface area contributed by atoms with E-state index >= 15 is 0 Å². The van der Waals surface area contributed by atoms with Gasteiger partial charge in [0.25, 0.3) is 5.89 Å². The number of amides is 2. The smallest absolute Gasteiger partial charge is 0.304 e. The molecular weight excluding hydrogens is 330 g/mol. The predicted octanol–water partition coefficient (Wildman–Crippen LogP) is 2.17. The molecule has 0 bridgehead atoms. The van der Waals surface area contributed by atoms with Crippen molar-refractivity contribution in [2.45, 2.75) is 25.4 Å². The molecule has 2 aromatic rings. The first kappa shape index (κ1) is 16.8. The molecule has 0 saturated carbocycles. The highest BCUT2D eigenvalue weighted by molar-refractivity contribution is 8.00. The number of anilines is 1. The summed E-state index contributed by atoms with van der Waals surface area (Å²) < 4.78 is 10.8. The number of thioether (sulfide) groups is 1. The largest absolute Gasteiger partial charge is 0.432 e. The molecule has 3 rings (SSSR count). The second-order valence-electron chi connectivity index (χ2n) is 5.62. The maximum atomic E-state index is 12.0. The van der Waals surface area contributed by atoms with Crippen LogP contribution < -0.4 is 11.1 Å². The molecule has 1 aliphatic heterocycles. The number of ether oxygens (including phenoxy) is 1. The standard InChI is InChI=1S/C16H19N3O4S/c17-15(21)16-19-12-7-10(4-5-13(12)23-16)18-14(20)9-24-8-11-3-1-2-6-22-11/h4-5,7,11H,1-3,6,8-9H2,(H2,17,21)(H,18,20). The van der Waals surface area contributed by atoms with Crippen LogP contribution in [0.5, 0.6) is 0 Å². The zero-order valence-electron chi connectivity index (χ0n) is 13.1. The second kappa shape index (κ2) is 7.67. The first-order chi connectivity index (χ1) is 11.6. The van der Waals surface area contributed by atoms with Crippen molar-refractivity contribution in [3.8, 4) is 0 Å². The van der Waals surface area contributed by atoms with Crippen LogP contribution in [-0.2, 0) is 9.53 Å². The molecule has 0 spiro atoms. The fraction of sp³-hybridized carbons (Fsp3) is 0.438. The summed E-state index contributed by atoms with van der Waals surface area (Å²) >= 11 is 1.57. The molecule has 2 heterocycles. The number of hydrogen-bond acceptors (Lipinski definition) is 6. The minimum Gasteiger partial charge on any atom is -0.432 e. The number of fused-ring (bicyclic) bond motifs is 1. The van der Waals surface area contributed by atoms with E-state index in [1.165, 1.54) is 6.42 Å². The van der Waals surface area contributed by atoms with E-state index in [4.69, 9.17) is 14.9 Å². The van der Waals surface area contributed by atoms with E-state index in [-0.39, 0.29) is 17.9 Å². The topological polar surface area (TPSA) is 107 Å². The summed E-state index contributed by atoms with van der Waals surface area (Å²) in [5.74, 6) is 0.240. The zero-order chi connectivity index (χ0) is 16.9. The summed E-state index contributed by atoms with van der Waals surface area (Å²) in [5.41, 5.74) is 6.66. The fourth-order valence-electron chi connectivity index (χ4n) is 2.53. The van der Waals surface area contributed by atoms with Gasteiger partial charge in [-0.05, 0) is 37.5 Å². The summed E-state index contributed by atoms with van der Waals surface area (Å²) in [6, 6.07) is 5.00. The molecule has 1 saturated heterocycles. The number of nitrogens with zero attached hydrogens (tertiary/aromatic N) is 1. The molecule has 1 atom stereocenters. The molecule has 2 amide bonds. The average Bonchev–Trinajstić information content (AvgIpc) is 2.99. The minimum atomic E-state index is -0.724. The van der Waals surface area contributed by atoms with Gasteiger partial charge in [0.05, 0.1) is 11.9 Å². The molecule has 0 radical (unpaired) electrons. The Hall–Kier alpha value is -2.06. The molecule has 3 N–H and O–H groups in total.